The second-order valence-electron chi connectivity index (χ2n) is 4.07. The minimum absolute atomic E-state index is 0.212. The maximum Gasteiger partial charge on any atom is 0.321 e. The molecule has 1 atom stereocenters. The predicted molar refractivity (Wildman–Crippen MR) is 77.2 cm³/mol. The van der Waals surface area contributed by atoms with E-state index in [9.17, 15) is 9.90 Å². The number of likely N-dealkylation sites (N-methyl/N-ethyl adjacent to an activating group) is 1. The zero-order valence-electron chi connectivity index (χ0n) is 10.2. The van der Waals surface area contributed by atoms with E-state index in [4.69, 9.17) is 0 Å². The summed E-state index contributed by atoms with van der Waals surface area (Å²) in [6.45, 7) is 3.93. The van der Waals surface area contributed by atoms with Crippen LogP contribution in [0.15, 0.2) is 18.2 Å². The van der Waals surface area contributed by atoms with Crippen LogP contribution in [0.25, 0.3) is 0 Å². The van der Waals surface area contributed by atoms with Gasteiger partial charge in [-0.3, -0.25) is 0 Å². The van der Waals surface area contributed by atoms with E-state index in [-0.39, 0.29) is 6.03 Å². The summed E-state index contributed by atoms with van der Waals surface area (Å²) in [5, 5.41) is 12.0. The summed E-state index contributed by atoms with van der Waals surface area (Å²) in [6.07, 6.45) is -0.525. The molecule has 0 heterocycles. The van der Waals surface area contributed by atoms with E-state index in [0.29, 0.717) is 6.54 Å². The molecule has 2 amide bonds. The van der Waals surface area contributed by atoms with Crippen LogP contribution in [0.5, 0.6) is 0 Å². The molecule has 1 aromatic carbocycles. The number of hydrogen-bond acceptors (Lipinski definition) is 2. The molecule has 0 aliphatic rings. The normalized spacial score (nSPS) is 12.1. The van der Waals surface area contributed by atoms with Crippen molar-refractivity contribution in [2.75, 3.05) is 18.9 Å². The molecule has 0 aromatic heterocycles. The summed E-state index contributed by atoms with van der Waals surface area (Å²) in [6, 6.07) is 5.55. The Hall–Kier alpha value is -0.820. The molecule has 0 saturated heterocycles. The van der Waals surface area contributed by atoms with Gasteiger partial charge in [0, 0.05) is 22.8 Å². The summed E-state index contributed by atoms with van der Waals surface area (Å²) < 4.78 is 1.11. The largest absolute Gasteiger partial charge is 0.392 e. The maximum absolute atomic E-state index is 11.8. The molecule has 0 aliphatic carbocycles. The van der Waals surface area contributed by atoms with Crippen LogP contribution in [0.4, 0.5) is 10.5 Å². The van der Waals surface area contributed by atoms with Crippen molar-refractivity contribution in [1.82, 2.24) is 4.90 Å². The van der Waals surface area contributed by atoms with Crippen LogP contribution >= 0.6 is 22.6 Å². The highest BCUT2D eigenvalue weighted by Gasteiger charge is 2.12. The van der Waals surface area contributed by atoms with Gasteiger partial charge in [0.05, 0.1) is 6.10 Å². The summed E-state index contributed by atoms with van der Waals surface area (Å²) in [7, 11) is 1.66. The molecule has 0 aliphatic heterocycles. The number of nitrogens with one attached hydrogen (secondary N) is 1. The number of rotatable bonds is 3. The quantitative estimate of drug-likeness (QED) is 0.825. The molecule has 0 saturated carbocycles. The molecule has 2 N–H and O–H groups in total. The second kappa shape index (κ2) is 6.20. The van der Waals surface area contributed by atoms with Crippen LogP contribution in [-0.4, -0.2) is 35.7 Å². The Morgan fingerprint density at radius 3 is 2.82 bits per heavy atom. The van der Waals surface area contributed by atoms with Crippen LogP contribution in [0.1, 0.15) is 12.5 Å². The average Bonchev–Trinajstić information content (AvgIpc) is 2.23. The van der Waals surface area contributed by atoms with Crippen molar-refractivity contribution in [2.45, 2.75) is 20.0 Å². The van der Waals surface area contributed by atoms with Gasteiger partial charge in [0.25, 0.3) is 0 Å². The molecule has 0 spiro atoms. The van der Waals surface area contributed by atoms with Gasteiger partial charge in [-0.25, -0.2) is 4.79 Å². The third-order valence-electron chi connectivity index (χ3n) is 2.39. The number of halogens is 1. The fraction of sp³-hybridized carbons (Fsp3) is 0.417. The van der Waals surface area contributed by atoms with Gasteiger partial charge in [0.1, 0.15) is 0 Å². The number of aliphatic hydroxyl groups is 1. The smallest absolute Gasteiger partial charge is 0.321 e. The van der Waals surface area contributed by atoms with Crippen LogP contribution < -0.4 is 5.32 Å². The zero-order valence-corrected chi connectivity index (χ0v) is 12.4. The van der Waals surface area contributed by atoms with E-state index in [2.05, 4.69) is 27.9 Å². The highest BCUT2D eigenvalue weighted by atomic mass is 127. The van der Waals surface area contributed by atoms with Gasteiger partial charge in [0.15, 0.2) is 0 Å². The van der Waals surface area contributed by atoms with Gasteiger partial charge in [0.2, 0.25) is 0 Å². The number of hydrogen-bond donors (Lipinski definition) is 2. The predicted octanol–water partition coefficient (Wildman–Crippen LogP) is 2.44. The Labute approximate surface area is 115 Å². The standard InChI is InChI=1S/C12H17IN2O2/c1-8(16)7-15(3)12(17)14-11-6-4-5-10(13)9(11)2/h4-6,8,16H,7H2,1-3H3,(H,14,17). The SMILES string of the molecule is Cc1c(I)cccc1NC(=O)N(C)CC(C)O. The summed E-state index contributed by atoms with van der Waals surface area (Å²) in [5.74, 6) is 0. The van der Waals surface area contributed by atoms with Gasteiger partial charge in [-0.1, -0.05) is 6.07 Å². The Kier molecular flexibility index (Phi) is 5.20. The van der Waals surface area contributed by atoms with Crippen LogP contribution in [0.3, 0.4) is 0 Å². The van der Waals surface area contributed by atoms with Gasteiger partial charge in [-0.15, -0.1) is 0 Å². The first-order valence-electron chi connectivity index (χ1n) is 5.37. The number of urea groups is 1. The van der Waals surface area contributed by atoms with Gasteiger partial charge < -0.3 is 15.3 Å². The molecule has 1 unspecified atom stereocenters. The first-order valence-corrected chi connectivity index (χ1v) is 6.45. The topological polar surface area (TPSA) is 52.6 Å². The molecule has 17 heavy (non-hydrogen) atoms. The van der Waals surface area contributed by atoms with Crippen molar-refractivity contribution in [3.63, 3.8) is 0 Å². The van der Waals surface area contributed by atoms with E-state index >= 15 is 0 Å². The van der Waals surface area contributed by atoms with E-state index < -0.39 is 6.10 Å². The molecular weight excluding hydrogens is 331 g/mol. The number of carbonyl (C=O) groups is 1. The fourth-order valence-corrected chi connectivity index (χ4v) is 1.93. The van der Waals surface area contributed by atoms with Crippen molar-refractivity contribution in [3.8, 4) is 0 Å². The molecule has 5 heteroatoms. The Balaban J connectivity index is 2.71. The number of amides is 2. The molecule has 0 fully saturated rings. The maximum atomic E-state index is 11.8. The highest BCUT2D eigenvalue weighted by Crippen LogP contribution is 2.20. The Bertz CT molecular complexity index is 407. The average molecular weight is 348 g/mol. The summed E-state index contributed by atoms with van der Waals surface area (Å²) in [4.78, 5) is 13.3. The lowest BCUT2D eigenvalue weighted by molar-refractivity contribution is 0.149. The van der Waals surface area contributed by atoms with Gasteiger partial charge in [-0.2, -0.15) is 0 Å². The molecule has 0 bridgehead atoms. The Morgan fingerprint density at radius 2 is 2.24 bits per heavy atom. The number of nitrogens with zero attached hydrogens (tertiary/aromatic N) is 1. The fourth-order valence-electron chi connectivity index (χ4n) is 1.43. The van der Waals surface area contributed by atoms with Crippen LogP contribution in [0, 0.1) is 10.5 Å². The van der Waals surface area contributed by atoms with E-state index in [1.54, 1.807) is 14.0 Å². The minimum atomic E-state index is -0.525. The minimum Gasteiger partial charge on any atom is -0.392 e. The van der Waals surface area contributed by atoms with E-state index in [0.717, 1.165) is 14.8 Å². The van der Waals surface area contributed by atoms with Crippen LogP contribution in [-0.2, 0) is 0 Å². The first kappa shape index (κ1) is 14.2. The number of carbonyl (C=O) groups excluding carboxylic acids is 1. The van der Waals surface area contributed by atoms with Crippen molar-refractivity contribution in [3.05, 3.63) is 27.3 Å². The number of benzene rings is 1. The molecule has 1 aromatic rings. The Morgan fingerprint density at radius 1 is 1.59 bits per heavy atom. The summed E-state index contributed by atoms with van der Waals surface area (Å²) >= 11 is 2.23. The van der Waals surface area contributed by atoms with Crippen molar-refractivity contribution < 1.29 is 9.90 Å². The number of aliphatic hydroxyl groups excluding tert-OH is 1. The van der Waals surface area contributed by atoms with Gasteiger partial charge >= 0.3 is 6.03 Å². The van der Waals surface area contributed by atoms with Gasteiger partial charge in [-0.05, 0) is 54.1 Å². The highest BCUT2D eigenvalue weighted by molar-refractivity contribution is 14.1. The molecule has 0 radical (unpaired) electrons. The molecular formula is C12H17IN2O2. The lowest BCUT2D eigenvalue weighted by Gasteiger charge is -2.20. The lowest BCUT2D eigenvalue weighted by Crippen LogP contribution is -2.36. The molecule has 4 nitrogen and oxygen atoms in total. The molecule has 1 rings (SSSR count). The summed E-state index contributed by atoms with van der Waals surface area (Å²) in [5.41, 5.74) is 1.85. The number of anilines is 1. The zero-order chi connectivity index (χ0) is 13.0. The van der Waals surface area contributed by atoms with E-state index in [1.807, 2.05) is 25.1 Å². The van der Waals surface area contributed by atoms with Crippen molar-refractivity contribution >= 4 is 34.3 Å². The lowest BCUT2D eigenvalue weighted by atomic mass is 10.2. The van der Waals surface area contributed by atoms with E-state index in [1.165, 1.54) is 4.90 Å². The second-order valence-corrected chi connectivity index (χ2v) is 5.23. The first-order chi connectivity index (χ1) is 7.91. The molecule has 94 valence electrons. The monoisotopic (exact) mass is 348 g/mol. The van der Waals surface area contributed by atoms with Crippen molar-refractivity contribution in [1.29, 1.82) is 0 Å². The van der Waals surface area contributed by atoms with Crippen molar-refractivity contribution in [2.24, 2.45) is 0 Å². The third-order valence-corrected chi connectivity index (χ3v) is 3.56. The van der Waals surface area contributed by atoms with Crippen LogP contribution in [0.2, 0.25) is 0 Å². The third kappa shape index (κ3) is 4.16.